The minimum absolute atomic E-state index is 0.132. The van der Waals surface area contributed by atoms with Crippen LogP contribution in [0.25, 0.3) is 11.5 Å². The molecule has 0 bridgehead atoms. The van der Waals surface area contributed by atoms with Gasteiger partial charge in [-0.05, 0) is 43.8 Å². The van der Waals surface area contributed by atoms with Gasteiger partial charge in [-0.1, -0.05) is 24.3 Å². The number of nitrogens with zero attached hydrogens (tertiary/aromatic N) is 3. The van der Waals surface area contributed by atoms with E-state index in [2.05, 4.69) is 10.2 Å². The van der Waals surface area contributed by atoms with Gasteiger partial charge in [0.05, 0.1) is 6.54 Å². The summed E-state index contributed by atoms with van der Waals surface area (Å²) in [6.45, 7) is 2.31. The van der Waals surface area contributed by atoms with Gasteiger partial charge in [-0.2, -0.15) is 0 Å². The second-order valence-electron chi connectivity index (χ2n) is 5.63. The standard InChI is InChI=1S/C18H17F2N3O/c1-12(14-8-9-15(19)16(20)10-14)23(2)11-17-21-22-18(24-17)13-6-4-3-5-7-13/h3-10,12H,11H2,1-2H3/t12-/m1/s1. The first-order valence-electron chi connectivity index (χ1n) is 7.57. The molecule has 3 aromatic rings. The van der Waals surface area contributed by atoms with Gasteiger partial charge in [-0.3, -0.25) is 4.90 Å². The molecule has 0 aliphatic heterocycles. The van der Waals surface area contributed by atoms with Gasteiger partial charge < -0.3 is 4.42 Å². The molecular formula is C18H17F2N3O. The van der Waals surface area contributed by atoms with Crippen molar-refractivity contribution in [2.24, 2.45) is 0 Å². The Morgan fingerprint density at radius 3 is 2.50 bits per heavy atom. The van der Waals surface area contributed by atoms with E-state index in [4.69, 9.17) is 4.42 Å². The highest BCUT2D eigenvalue weighted by atomic mass is 19.2. The van der Waals surface area contributed by atoms with Gasteiger partial charge in [-0.15, -0.1) is 10.2 Å². The summed E-state index contributed by atoms with van der Waals surface area (Å²) in [6.07, 6.45) is 0. The Morgan fingerprint density at radius 1 is 1.04 bits per heavy atom. The largest absolute Gasteiger partial charge is 0.419 e. The molecule has 1 atom stereocenters. The normalized spacial score (nSPS) is 12.5. The highest BCUT2D eigenvalue weighted by Gasteiger charge is 2.17. The Morgan fingerprint density at radius 2 is 1.79 bits per heavy atom. The summed E-state index contributed by atoms with van der Waals surface area (Å²) in [5.41, 5.74) is 1.53. The first-order valence-corrected chi connectivity index (χ1v) is 7.57. The first kappa shape index (κ1) is 16.3. The average Bonchev–Trinajstić information content (AvgIpc) is 3.06. The Bertz CT molecular complexity index is 820. The van der Waals surface area contributed by atoms with Gasteiger partial charge >= 0.3 is 0 Å². The van der Waals surface area contributed by atoms with Crippen LogP contribution in [-0.4, -0.2) is 22.1 Å². The lowest BCUT2D eigenvalue weighted by molar-refractivity contribution is 0.228. The molecule has 124 valence electrons. The van der Waals surface area contributed by atoms with E-state index in [0.29, 0.717) is 23.9 Å². The van der Waals surface area contributed by atoms with E-state index in [9.17, 15) is 8.78 Å². The van der Waals surface area contributed by atoms with Crippen LogP contribution < -0.4 is 0 Å². The van der Waals surface area contributed by atoms with Crippen LogP contribution in [0.2, 0.25) is 0 Å². The van der Waals surface area contributed by atoms with E-state index in [1.54, 1.807) is 6.07 Å². The highest BCUT2D eigenvalue weighted by Crippen LogP contribution is 2.23. The lowest BCUT2D eigenvalue weighted by Gasteiger charge is -2.23. The van der Waals surface area contributed by atoms with Crippen LogP contribution in [0.5, 0.6) is 0 Å². The number of benzene rings is 2. The van der Waals surface area contributed by atoms with Crippen molar-refractivity contribution in [1.82, 2.24) is 15.1 Å². The van der Waals surface area contributed by atoms with Crippen LogP contribution in [0.15, 0.2) is 52.9 Å². The molecule has 4 nitrogen and oxygen atoms in total. The molecule has 6 heteroatoms. The molecule has 0 spiro atoms. The molecule has 0 N–H and O–H groups in total. The Labute approximate surface area is 138 Å². The van der Waals surface area contributed by atoms with E-state index >= 15 is 0 Å². The molecule has 0 saturated heterocycles. The van der Waals surface area contributed by atoms with Gasteiger partial charge in [0, 0.05) is 11.6 Å². The van der Waals surface area contributed by atoms with Crippen molar-refractivity contribution in [2.75, 3.05) is 7.05 Å². The second-order valence-corrected chi connectivity index (χ2v) is 5.63. The van der Waals surface area contributed by atoms with Crippen LogP contribution in [0.4, 0.5) is 8.78 Å². The lowest BCUT2D eigenvalue weighted by Crippen LogP contribution is -2.22. The van der Waals surface area contributed by atoms with Crippen LogP contribution in [0.3, 0.4) is 0 Å². The topological polar surface area (TPSA) is 42.2 Å². The van der Waals surface area contributed by atoms with Crippen molar-refractivity contribution in [3.63, 3.8) is 0 Å². The fourth-order valence-corrected chi connectivity index (χ4v) is 2.39. The van der Waals surface area contributed by atoms with Crippen molar-refractivity contribution in [3.05, 3.63) is 71.6 Å². The van der Waals surface area contributed by atoms with Crippen LogP contribution in [-0.2, 0) is 6.54 Å². The average molecular weight is 329 g/mol. The third kappa shape index (κ3) is 3.49. The Balaban J connectivity index is 1.71. The lowest BCUT2D eigenvalue weighted by atomic mass is 10.1. The fourth-order valence-electron chi connectivity index (χ4n) is 2.39. The number of hydrogen-bond acceptors (Lipinski definition) is 4. The molecule has 0 aliphatic carbocycles. The van der Waals surface area contributed by atoms with E-state index in [-0.39, 0.29) is 6.04 Å². The number of aromatic nitrogens is 2. The molecule has 3 rings (SSSR count). The number of hydrogen-bond donors (Lipinski definition) is 0. The summed E-state index contributed by atoms with van der Waals surface area (Å²) in [5.74, 6) is -0.778. The third-order valence-corrected chi connectivity index (χ3v) is 3.96. The molecular weight excluding hydrogens is 312 g/mol. The quantitative estimate of drug-likeness (QED) is 0.703. The minimum atomic E-state index is -0.850. The summed E-state index contributed by atoms with van der Waals surface area (Å²) in [7, 11) is 1.86. The molecule has 1 heterocycles. The maximum absolute atomic E-state index is 13.4. The van der Waals surface area contributed by atoms with Crippen LogP contribution >= 0.6 is 0 Å². The van der Waals surface area contributed by atoms with Gasteiger partial charge in [0.2, 0.25) is 11.8 Å². The van der Waals surface area contributed by atoms with Crippen LogP contribution in [0, 0.1) is 11.6 Å². The van der Waals surface area contributed by atoms with Crippen molar-refractivity contribution in [3.8, 4) is 11.5 Å². The second kappa shape index (κ2) is 6.88. The zero-order valence-corrected chi connectivity index (χ0v) is 13.4. The summed E-state index contributed by atoms with van der Waals surface area (Å²) >= 11 is 0. The van der Waals surface area contributed by atoms with Gasteiger partial charge in [0.25, 0.3) is 0 Å². The van der Waals surface area contributed by atoms with Crippen molar-refractivity contribution in [1.29, 1.82) is 0 Å². The predicted octanol–water partition coefficient (Wildman–Crippen LogP) is 4.21. The Kier molecular flexibility index (Phi) is 4.66. The maximum atomic E-state index is 13.4. The van der Waals surface area contributed by atoms with Crippen molar-refractivity contribution in [2.45, 2.75) is 19.5 Å². The first-order chi connectivity index (χ1) is 11.5. The van der Waals surface area contributed by atoms with Crippen LogP contribution in [0.1, 0.15) is 24.4 Å². The maximum Gasteiger partial charge on any atom is 0.247 e. The van der Waals surface area contributed by atoms with E-state index < -0.39 is 11.6 Å². The summed E-state index contributed by atoms with van der Waals surface area (Å²) in [4.78, 5) is 1.93. The zero-order valence-electron chi connectivity index (χ0n) is 13.4. The minimum Gasteiger partial charge on any atom is -0.419 e. The third-order valence-electron chi connectivity index (χ3n) is 3.96. The smallest absolute Gasteiger partial charge is 0.247 e. The van der Waals surface area contributed by atoms with E-state index in [0.717, 1.165) is 11.6 Å². The number of halogens is 2. The van der Waals surface area contributed by atoms with E-state index in [1.165, 1.54) is 6.07 Å². The summed E-state index contributed by atoms with van der Waals surface area (Å²) < 4.78 is 32.1. The molecule has 0 aliphatic rings. The Hall–Kier alpha value is -2.60. The van der Waals surface area contributed by atoms with Gasteiger partial charge in [0.1, 0.15) is 0 Å². The monoisotopic (exact) mass is 329 g/mol. The van der Waals surface area contributed by atoms with Crippen molar-refractivity contribution >= 4 is 0 Å². The molecule has 24 heavy (non-hydrogen) atoms. The molecule has 0 unspecified atom stereocenters. The van der Waals surface area contributed by atoms with Crippen molar-refractivity contribution < 1.29 is 13.2 Å². The van der Waals surface area contributed by atoms with E-state index in [1.807, 2.05) is 49.2 Å². The summed E-state index contributed by atoms with van der Waals surface area (Å²) in [6, 6.07) is 13.3. The SMILES string of the molecule is C[C@H](c1ccc(F)c(F)c1)N(C)Cc1nnc(-c2ccccc2)o1. The zero-order chi connectivity index (χ0) is 17.1. The van der Waals surface area contributed by atoms with Gasteiger partial charge in [0.15, 0.2) is 11.6 Å². The molecule has 0 saturated carbocycles. The number of rotatable bonds is 5. The summed E-state index contributed by atoms with van der Waals surface area (Å²) in [5, 5.41) is 8.09. The fraction of sp³-hybridized carbons (Fsp3) is 0.222. The molecule has 2 aromatic carbocycles. The highest BCUT2D eigenvalue weighted by molar-refractivity contribution is 5.51. The molecule has 0 fully saturated rings. The van der Waals surface area contributed by atoms with Gasteiger partial charge in [-0.25, -0.2) is 8.78 Å². The predicted molar refractivity (Wildman–Crippen MR) is 86.0 cm³/mol. The molecule has 0 amide bonds. The molecule has 1 aromatic heterocycles. The molecule has 0 radical (unpaired) electrons.